The Labute approximate surface area is 97.6 Å². The van der Waals surface area contributed by atoms with Crippen LogP contribution in [0.5, 0.6) is 0 Å². The predicted octanol–water partition coefficient (Wildman–Crippen LogP) is 0.763. The van der Waals surface area contributed by atoms with E-state index in [2.05, 4.69) is 15.4 Å². The van der Waals surface area contributed by atoms with Gasteiger partial charge in [-0.3, -0.25) is 4.79 Å². The minimum absolute atomic E-state index is 0.0532. The molecule has 88 valence electrons. The van der Waals surface area contributed by atoms with E-state index in [4.69, 9.17) is 4.42 Å². The molecule has 3 heterocycles. The molecule has 1 N–H and O–H groups in total. The van der Waals surface area contributed by atoms with Crippen LogP contribution < -0.4 is 5.32 Å². The molecule has 0 radical (unpaired) electrons. The maximum absolute atomic E-state index is 11.6. The van der Waals surface area contributed by atoms with E-state index in [1.54, 1.807) is 6.20 Å². The van der Waals surface area contributed by atoms with Crippen molar-refractivity contribution in [1.82, 2.24) is 20.1 Å². The Morgan fingerprint density at radius 2 is 2.24 bits per heavy atom. The lowest BCUT2D eigenvalue weighted by atomic mass is 10.1. The highest BCUT2D eigenvalue weighted by Gasteiger charge is 2.22. The molecule has 17 heavy (non-hydrogen) atoms. The summed E-state index contributed by atoms with van der Waals surface area (Å²) in [5.74, 6) is 0.815. The SMILES string of the molecule is Cc1nc(-n2cc3c(n2)CNCC3=O)oc1C. The van der Waals surface area contributed by atoms with Gasteiger partial charge in [0.25, 0.3) is 0 Å². The van der Waals surface area contributed by atoms with Crippen LogP contribution in [0.2, 0.25) is 0 Å². The van der Waals surface area contributed by atoms with Crippen LogP contribution in [0, 0.1) is 13.8 Å². The monoisotopic (exact) mass is 232 g/mol. The van der Waals surface area contributed by atoms with Crippen molar-refractivity contribution < 1.29 is 9.21 Å². The predicted molar refractivity (Wildman–Crippen MR) is 59.1 cm³/mol. The Kier molecular flexibility index (Phi) is 2.12. The van der Waals surface area contributed by atoms with Gasteiger partial charge in [0.15, 0.2) is 5.78 Å². The van der Waals surface area contributed by atoms with Crippen LogP contribution in [-0.2, 0) is 6.54 Å². The van der Waals surface area contributed by atoms with Gasteiger partial charge in [-0.2, -0.15) is 14.8 Å². The van der Waals surface area contributed by atoms with Crippen molar-refractivity contribution in [1.29, 1.82) is 0 Å². The van der Waals surface area contributed by atoms with Crippen LogP contribution in [-0.4, -0.2) is 27.1 Å². The summed E-state index contributed by atoms with van der Waals surface area (Å²) in [7, 11) is 0. The van der Waals surface area contributed by atoms with Crippen LogP contribution in [0.1, 0.15) is 27.5 Å². The van der Waals surface area contributed by atoms with Gasteiger partial charge in [0.05, 0.1) is 23.5 Å². The van der Waals surface area contributed by atoms with E-state index in [1.165, 1.54) is 4.68 Å². The smallest absolute Gasteiger partial charge is 0.323 e. The van der Waals surface area contributed by atoms with E-state index in [-0.39, 0.29) is 5.78 Å². The highest BCUT2D eigenvalue weighted by molar-refractivity contribution is 5.99. The number of nitrogens with zero attached hydrogens (tertiary/aromatic N) is 3. The van der Waals surface area contributed by atoms with Crippen molar-refractivity contribution in [2.75, 3.05) is 6.54 Å². The molecule has 0 unspecified atom stereocenters. The molecule has 1 aliphatic rings. The molecule has 0 atom stereocenters. The van der Waals surface area contributed by atoms with Gasteiger partial charge in [-0.25, -0.2) is 0 Å². The first-order valence-corrected chi connectivity index (χ1v) is 5.42. The van der Waals surface area contributed by atoms with E-state index < -0.39 is 0 Å². The molecule has 0 aliphatic carbocycles. The molecular weight excluding hydrogens is 220 g/mol. The number of carbonyl (C=O) groups is 1. The lowest BCUT2D eigenvalue weighted by Gasteiger charge is -2.08. The molecule has 0 aromatic carbocycles. The van der Waals surface area contributed by atoms with E-state index >= 15 is 0 Å². The number of rotatable bonds is 1. The van der Waals surface area contributed by atoms with Crippen LogP contribution in [0.4, 0.5) is 0 Å². The minimum atomic E-state index is 0.0532. The lowest BCUT2D eigenvalue weighted by Crippen LogP contribution is -2.29. The number of hydrogen-bond donors (Lipinski definition) is 1. The van der Waals surface area contributed by atoms with Crippen molar-refractivity contribution in [3.05, 3.63) is 28.9 Å². The van der Waals surface area contributed by atoms with Crippen LogP contribution >= 0.6 is 0 Å². The van der Waals surface area contributed by atoms with E-state index in [0.717, 1.165) is 17.1 Å². The molecule has 6 heteroatoms. The summed E-state index contributed by atoms with van der Waals surface area (Å²) in [6.45, 7) is 4.69. The summed E-state index contributed by atoms with van der Waals surface area (Å²) in [5.41, 5.74) is 2.23. The second-order valence-corrected chi connectivity index (χ2v) is 4.10. The van der Waals surface area contributed by atoms with Gasteiger partial charge in [-0.1, -0.05) is 0 Å². The quantitative estimate of drug-likeness (QED) is 0.786. The lowest BCUT2D eigenvalue weighted by molar-refractivity contribution is 0.0982. The number of aryl methyl sites for hydroxylation is 2. The topological polar surface area (TPSA) is 73.0 Å². The summed E-state index contributed by atoms with van der Waals surface area (Å²) in [4.78, 5) is 15.9. The van der Waals surface area contributed by atoms with Gasteiger partial charge in [0.2, 0.25) is 0 Å². The molecule has 3 rings (SSSR count). The number of aromatic nitrogens is 3. The molecule has 0 saturated heterocycles. The number of nitrogens with one attached hydrogen (secondary N) is 1. The molecule has 0 fully saturated rings. The number of Topliss-reactive ketones (excluding diaryl/α,β-unsaturated/α-hetero) is 1. The minimum Gasteiger partial charge on any atom is -0.427 e. The van der Waals surface area contributed by atoms with E-state index in [0.29, 0.717) is 24.7 Å². The Morgan fingerprint density at radius 3 is 2.88 bits per heavy atom. The number of carbonyl (C=O) groups excluding carboxylic acids is 1. The summed E-state index contributed by atoms with van der Waals surface area (Å²) in [5, 5.41) is 7.30. The zero-order valence-corrected chi connectivity index (χ0v) is 9.65. The third kappa shape index (κ3) is 1.57. The summed E-state index contributed by atoms with van der Waals surface area (Å²) in [6.07, 6.45) is 1.68. The zero-order valence-electron chi connectivity index (χ0n) is 9.65. The zero-order chi connectivity index (χ0) is 12.0. The second-order valence-electron chi connectivity index (χ2n) is 4.10. The first-order valence-electron chi connectivity index (χ1n) is 5.42. The third-order valence-electron chi connectivity index (χ3n) is 2.88. The number of hydrogen-bond acceptors (Lipinski definition) is 5. The highest BCUT2D eigenvalue weighted by atomic mass is 16.4. The number of fused-ring (bicyclic) bond motifs is 1. The maximum atomic E-state index is 11.6. The molecule has 0 amide bonds. The fraction of sp³-hybridized carbons (Fsp3) is 0.364. The molecular formula is C11H12N4O2. The highest BCUT2D eigenvalue weighted by Crippen LogP contribution is 2.17. The van der Waals surface area contributed by atoms with Gasteiger partial charge in [0, 0.05) is 12.7 Å². The first kappa shape index (κ1) is 10.2. The molecule has 0 spiro atoms. The fourth-order valence-electron chi connectivity index (χ4n) is 1.81. The van der Waals surface area contributed by atoms with Crippen LogP contribution in [0.25, 0.3) is 6.01 Å². The molecule has 0 saturated carbocycles. The summed E-state index contributed by atoms with van der Waals surface area (Å²) < 4.78 is 6.99. The van der Waals surface area contributed by atoms with Gasteiger partial charge >= 0.3 is 6.01 Å². The third-order valence-corrected chi connectivity index (χ3v) is 2.88. The van der Waals surface area contributed by atoms with Crippen LogP contribution in [0.3, 0.4) is 0 Å². The first-order chi connectivity index (χ1) is 8.15. The van der Waals surface area contributed by atoms with Gasteiger partial charge in [-0.05, 0) is 13.8 Å². The van der Waals surface area contributed by atoms with Crippen molar-refractivity contribution in [3.63, 3.8) is 0 Å². The van der Waals surface area contributed by atoms with E-state index in [9.17, 15) is 4.79 Å². The van der Waals surface area contributed by atoms with E-state index in [1.807, 2.05) is 13.8 Å². The Hall–Kier alpha value is -1.95. The maximum Gasteiger partial charge on any atom is 0.323 e. The van der Waals surface area contributed by atoms with Gasteiger partial charge < -0.3 is 9.73 Å². The number of ketones is 1. The summed E-state index contributed by atoms with van der Waals surface area (Å²) in [6, 6.07) is 0.405. The van der Waals surface area contributed by atoms with Crippen molar-refractivity contribution in [2.45, 2.75) is 20.4 Å². The molecule has 6 nitrogen and oxygen atoms in total. The Bertz CT molecular complexity index is 577. The molecule has 2 aromatic rings. The van der Waals surface area contributed by atoms with Crippen LogP contribution in [0.15, 0.2) is 10.6 Å². The van der Waals surface area contributed by atoms with Crippen molar-refractivity contribution >= 4 is 5.78 Å². The fourth-order valence-corrected chi connectivity index (χ4v) is 1.81. The average Bonchev–Trinajstić information content (AvgIpc) is 2.85. The van der Waals surface area contributed by atoms with Crippen molar-refractivity contribution in [3.8, 4) is 6.01 Å². The normalized spacial score (nSPS) is 15.1. The Balaban J connectivity index is 2.07. The van der Waals surface area contributed by atoms with Gasteiger partial charge in [-0.15, -0.1) is 0 Å². The standard InChI is InChI=1S/C11H12N4O2/c1-6-7(2)17-11(13-6)15-5-8-9(14-15)3-12-4-10(8)16/h5,12H,3-4H2,1-2H3. The summed E-state index contributed by atoms with van der Waals surface area (Å²) >= 11 is 0. The van der Waals surface area contributed by atoms with Crippen molar-refractivity contribution in [2.24, 2.45) is 0 Å². The molecule has 2 aromatic heterocycles. The second kappa shape index (κ2) is 3.53. The molecule has 1 aliphatic heterocycles. The van der Waals surface area contributed by atoms with Gasteiger partial charge in [0.1, 0.15) is 5.76 Å². The Morgan fingerprint density at radius 1 is 1.41 bits per heavy atom. The largest absolute Gasteiger partial charge is 0.427 e. The number of oxazole rings is 1. The molecule has 0 bridgehead atoms. The average molecular weight is 232 g/mol.